The molecule has 1 fully saturated rings. The highest BCUT2D eigenvalue weighted by Gasteiger charge is 2.14. The van der Waals surface area contributed by atoms with Gasteiger partial charge in [-0.2, -0.15) is 0 Å². The Balaban J connectivity index is 2.46. The minimum Gasteiger partial charge on any atom is -0.480 e. The lowest BCUT2D eigenvalue weighted by Gasteiger charge is -2.01. The van der Waals surface area contributed by atoms with E-state index < -0.39 is 0 Å². The van der Waals surface area contributed by atoms with Crippen molar-refractivity contribution in [2.45, 2.75) is 6.92 Å². The van der Waals surface area contributed by atoms with E-state index in [0.717, 1.165) is 15.7 Å². The first-order valence-corrected chi connectivity index (χ1v) is 5.13. The molecule has 58 valence electrons. The summed E-state index contributed by atoms with van der Waals surface area (Å²) in [6.07, 6.45) is 0. The first kappa shape index (κ1) is 8.14. The molecule has 0 aromatic carbocycles. The normalized spacial score (nSPS) is 17.5. The molecule has 0 amide bonds. The molecule has 0 atom stereocenters. The number of hydrogen-bond donors (Lipinski definition) is 1. The maximum Gasteiger partial charge on any atom is 0.297 e. The van der Waals surface area contributed by atoms with Crippen LogP contribution in [-0.4, -0.2) is 23.2 Å². The monoisotopic (exact) mass is 178 g/mol. The van der Waals surface area contributed by atoms with Gasteiger partial charge in [-0.3, -0.25) is 0 Å². The highest BCUT2D eigenvalue weighted by Crippen LogP contribution is 2.37. The highest BCUT2D eigenvalue weighted by molar-refractivity contribution is 8.25. The minimum absolute atomic E-state index is 0.106. The van der Waals surface area contributed by atoms with Crippen LogP contribution < -0.4 is 0 Å². The summed E-state index contributed by atoms with van der Waals surface area (Å²) >= 11 is 3.32. The number of rotatable bonds is 2. The van der Waals surface area contributed by atoms with E-state index in [2.05, 4.69) is 0 Å². The fourth-order valence-electron chi connectivity index (χ4n) is 0.630. The van der Waals surface area contributed by atoms with Gasteiger partial charge in [-0.15, -0.1) is 23.5 Å². The molecule has 1 saturated heterocycles. The summed E-state index contributed by atoms with van der Waals surface area (Å²) in [5.41, 5.74) is 0. The minimum atomic E-state index is 0.106. The largest absolute Gasteiger partial charge is 0.480 e. The molecule has 0 aliphatic carbocycles. The Morgan fingerprint density at radius 2 is 2.20 bits per heavy atom. The zero-order chi connectivity index (χ0) is 7.40. The summed E-state index contributed by atoms with van der Waals surface area (Å²) in [4.78, 5) is 0. The Bertz CT molecular complexity index is 137. The van der Waals surface area contributed by atoms with Crippen molar-refractivity contribution < 1.29 is 9.84 Å². The average molecular weight is 178 g/mol. The van der Waals surface area contributed by atoms with Gasteiger partial charge in [0, 0.05) is 11.5 Å². The molecule has 1 aliphatic heterocycles. The van der Waals surface area contributed by atoms with E-state index in [4.69, 9.17) is 9.84 Å². The predicted octanol–water partition coefficient (Wildman–Crippen LogP) is 2.19. The molecule has 1 rings (SSSR count). The number of thioether (sulfide) groups is 2. The molecule has 1 N–H and O–H groups in total. The summed E-state index contributed by atoms with van der Waals surface area (Å²) in [7, 11) is 0. The Hall–Kier alpha value is 0.0400. The van der Waals surface area contributed by atoms with E-state index in [-0.39, 0.29) is 5.95 Å². The molecule has 1 aliphatic rings. The topological polar surface area (TPSA) is 29.5 Å². The van der Waals surface area contributed by atoms with E-state index in [1.54, 1.807) is 23.5 Å². The summed E-state index contributed by atoms with van der Waals surface area (Å²) in [5, 5.41) is 9.16. The number of aliphatic hydroxyl groups excluding tert-OH is 1. The lowest BCUT2D eigenvalue weighted by atomic mass is 10.8. The van der Waals surface area contributed by atoms with Crippen molar-refractivity contribution in [2.75, 3.05) is 18.1 Å². The van der Waals surface area contributed by atoms with Gasteiger partial charge in [-0.25, -0.2) is 0 Å². The Morgan fingerprint density at radius 3 is 2.70 bits per heavy atom. The molecule has 0 radical (unpaired) electrons. The summed E-state index contributed by atoms with van der Waals surface area (Å²) in [6, 6.07) is 0. The molecular formula is C6H10O2S2. The predicted molar refractivity (Wildman–Crippen MR) is 46.2 cm³/mol. The maximum absolute atomic E-state index is 9.16. The molecule has 2 nitrogen and oxygen atoms in total. The van der Waals surface area contributed by atoms with E-state index >= 15 is 0 Å². The van der Waals surface area contributed by atoms with Crippen LogP contribution in [0.2, 0.25) is 0 Å². The van der Waals surface area contributed by atoms with E-state index in [9.17, 15) is 0 Å². The fourth-order valence-corrected chi connectivity index (χ4v) is 2.87. The molecule has 0 saturated carbocycles. The van der Waals surface area contributed by atoms with Gasteiger partial charge in [-0.1, -0.05) is 0 Å². The van der Waals surface area contributed by atoms with Gasteiger partial charge in [0.05, 0.1) is 6.61 Å². The Morgan fingerprint density at radius 1 is 1.60 bits per heavy atom. The Labute approximate surface area is 69.0 Å². The van der Waals surface area contributed by atoms with E-state index in [1.165, 1.54) is 0 Å². The van der Waals surface area contributed by atoms with Crippen molar-refractivity contribution >= 4 is 23.5 Å². The van der Waals surface area contributed by atoms with Gasteiger partial charge in [0.25, 0.3) is 5.95 Å². The van der Waals surface area contributed by atoms with Crippen LogP contribution in [0.1, 0.15) is 6.92 Å². The van der Waals surface area contributed by atoms with E-state index in [0.29, 0.717) is 6.61 Å². The lowest BCUT2D eigenvalue weighted by Crippen LogP contribution is -1.90. The van der Waals surface area contributed by atoms with Gasteiger partial charge in [0.15, 0.2) is 0 Å². The van der Waals surface area contributed by atoms with Crippen LogP contribution in [0.3, 0.4) is 0 Å². The molecule has 0 unspecified atom stereocenters. The van der Waals surface area contributed by atoms with Crippen LogP contribution in [-0.2, 0) is 4.74 Å². The van der Waals surface area contributed by atoms with Crippen molar-refractivity contribution in [1.82, 2.24) is 0 Å². The molecule has 0 aromatic rings. The second kappa shape index (κ2) is 4.03. The molecule has 0 bridgehead atoms. The molecule has 0 aromatic heterocycles. The fraction of sp³-hybridized carbons (Fsp3) is 0.667. The van der Waals surface area contributed by atoms with Gasteiger partial charge in [0.2, 0.25) is 0 Å². The third-order valence-electron chi connectivity index (χ3n) is 1.01. The first-order valence-electron chi connectivity index (χ1n) is 3.16. The second-order valence-electron chi connectivity index (χ2n) is 1.72. The standard InChI is InChI=1S/C6H10O2S2/c1-2-8-5(7)6-9-3-4-10-6/h7H,2-4H2,1H3. The van der Waals surface area contributed by atoms with Crippen molar-refractivity contribution in [2.24, 2.45) is 0 Å². The summed E-state index contributed by atoms with van der Waals surface area (Å²) in [5.74, 6) is 2.27. The zero-order valence-electron chi connectivity index (χ0n) is 5.79. The molecular weight excluding hydrogens is 168 g/mol. The van der Waals surface area contributed by atoms with Gasteiger partial charge < -0.3 is 9.84 Å². The quantitative estimate of drug-likeness (QED) is 0.656. The van der Waals surface area contributed by atoms with Crippen molar-refractivity contribution in [1.29, 1.82) is 0 Å². The zero-order valence-corrected chi connectivity index (χ0v) is 7.43. The maximum atomic E-state index is 9.16. The smallest absolute Gasteiger partial charge is 0.297 e. The Kier molecular flexibility index (Phi) is 3.28. The average Bonchev–Trinajstić information content (AvgIpc) is 2.38. The number of aliphatic hydroxyl groups is 1. The first-order chi connectivity index (χ1) is 4.84. The highest BCUT2D eigenvalue weighted by atomic mass is 32.2. The van der Waals surface area contributed by atoms with Crippen LogP contribution in [0, 0.1) is 0 Å². The summed E-state index contributed by atoms with van der Waals surface area (Å²) < 4.78 is 5.85. The molecule has 10 heavy (non-hydrogen) atoms. The van der Waals surface area contributed by atoms with Gasteiger partial charge in [0.1, 0.15) is 4.24 Å². The third kappa shape index (κ3) is 2.02. The third-order valence-corrected chi connectivity index (χ3v) is 3.66. The number of ether oxygens (including phenoxy) is 1. The molecule has 4 heteroatoms. The lowest BCUT2D eigenvalue weighted by molar-refractivity contribution is 0.103. The molecule has 0 spiro atoms. The van der Waals surface area contributed by atoms with Crippen molar-refractivity contribution in [3.05, 3.63) is 10.2 Å². The number of hydrogen-bond acceptors (Lipinski definition) is 4. The van der Waals surface area contributed by atoms with Crippen LogP contribution in [0.5, 0.6) is 0 Å². The SMILES string of the molecule is CCOC(O)=C1SCCS1. The van der Waals surface area contributed by atoms with Crippen LogP contribution >= 0.6 is 23.5 Å². The van der Waals surface area contributed by atoms with Crippen LogP contribution in [0.4, 0.5) is 0 Å². The van der Waals surface area contributed by atoms with Gasteiger partial charge >= 0.3 is 0 Å². The van der Waals surface area contributed by atoms with Gasteiger partial charge in [-0.05, 0) is 6.92 Å². The molecule has 1 heterocycles. The van der Waals surface area contributed by atoms with Crippen molar-refractivity contribution in [3.63, 3.8) is 0 Å². The van der Waals surface area contributed by atoms with Crippen molar-refractivity contribution in [3.8, 4) is 0 Å². The second-order valence-corrected chi connectivity index (χ2v) is 4.19. The van der Waals surface area contributed by atoms with Crippen LogP contribution in [0.15, 0.2) is 10.2 Å². The van der Waals surface area contributed by atoms with Crippen LogP contribution in [0.25, 0.3) is 0 Å². The van der Waals surface area contributed by atoms with E-state index in [1.807, 2.05) is 6.92 Å². The summed E-state index contributed by atoms with van der Waals surface area (Å²) in [6.45, 7) is 2.40.